The minimum Gasteiger partial charge on any atom is -0.352 e. The highest BCUT2D eigenvalue weighted by atomic mass is 35.5. The van der Waals surface area contributed by atoms with Gasteiger partial charge >= 0.3 is 0 Å². The monoisotopic (exact) mass is 528 g/mol. The molecule has 35 heavy (non-hydrogen) atoms. The molecule has 3 aromatic carbocycles. The fourth-order valence-corrected chi connectivity index (χ4v) is 4.88. The number of carbonyl (C=O) groups excluding carboxylic acids is 2. The zero-order chi connectivity index (χ0) is 25.2. The molecule has 7 heteroatoms. The second-order valence-corrected chi connectivity index (χ2v) is 10.5. The summed E-state index contributed by atoms with van der Waals surface area (Å²) in [5, 5.41) is 4.31. The van der Waals surface area contributed by atoms with Gasteiger partial charge in [-0.15, -0.1) is 11.8 Å². The van der Waals surface area contributed by atoms with Crippen molar-refractivity contribution in [1.82, 2.24) is 10.2 Å². The Morgan fingerprint density at radius 1 is 0.857 bits per heavy atom. The molecule has 2 amide bonds. The van der Waals surface area contributed by atoms with Gasteiger partial charge in [0.25, 0.3) is 0 Å². The largest absolute Gasteiger partial charge is 0.352 e. The first-order valence-electron chi connectivity index (χ1n) is 11.5. The molecule has 1 N–H and O–H groups in total. The van der Waals surface area contributed by atoms with E-state index in [9.17, 15) is 9.59 Å². The molecule has 3 aromatic rings. The van der Waals surface area contributed by atoms with Gasteiger partial charge in [-0.3, -0.25) is 9.59 Å². The van der Waals surface area contributed by atoms with Crippen LogP contribution in [0.2, 0.25) is 10.0 Å². The van der Waals surface area contributed by atoms with E-state index in [-0.39, 0.29) is 23.6 Å². The molecule has 0 spiro atoms. The van der Waals surface area contributed by atoms with E-state index in [0.29, 0.717) is 28.8 Å². The Labute approximate surface area is 222 Å². The van der Waals surface area contributed by atoms with Crippen molar-refractivity contribution in [2.75, 3.05) is 5.75 Å². The van der Waals surface area contributed by atoms with Crippen LogP contribution in [0.3, 0.4) is 0 Å². The number of halogens is 2. The van der Waals surface area contributed by atoms with Crippen molar-refractivity contribution in [2.24, 2.45) is 0 Å². The second-order valence-electron chi connectivity index (χ2n) is 8.64. The van der Waals surface area contributed by atoms with E-state index in [2.05, 4.69) is 5.32 Å². The van der Waals surface area contributed by atoms with E-state index in [1.165, 1.54) is 11.8 Å². The van der Waals surface area contributed by atoms with Gasteiger partial charge < -0.3 is 10.2 Å². The number of carbonyl (C=O) groups is 2. The lowest BCUT2D eigenvalue weighted by molar-refractivity contribution is -0.139. The van der Waals surface area contributed by atoms with Gasteiger partial charge in [-0.2, -0.15) is 0 Å². The second kappa shape index (κ2) is 13.6. The van der Waals surface area contributed by atoms with E-state index in [1.54, 1.807) is 17.0 Å². The average molecular weight is 530 g/mol. The predicted octanol–water partition coefficient (Wildman–Crippen LogP) is 6.39. The maximum Gasteiger partial charge on any atom is 0.243 e. The molecule has 0 aliphatic rings. The lowest BCUT2D eigenvalue weighted by Gasteiger charge is -2.32. The molecule has 0 saturated carbocycles. The summed E-state index contributed by atoms with van der Waals surface area (Å²) < 4.78 is 0. The fourth-order valence-electron chi connectivity index (χ4n) is 3.69. The van der Waals surface area contributed by atoms with Crippen LogP contribution in [0.25, 0.3) is 0 Å². The number of hydrogen-bond donors (Lipinski definition) is 1. The summed E-state index contributed by atoms with van der Waals surface area (Å²) in [6.07, 6.45) is 0.428. The fraction of sp³-hybridized carbons (Fsp3) is 0.286. The van der Waals surface area contributed by atoms with Crippen LogP contribution in [0.5, 0.6) is 0 Å². The summed E-state index contributed by atoms with van der Waals surface area (Å²) in [6.45, 7) is 4.16. The van der Waals surface area contributed by atoms with Gasteiger partial charge in [0, 0.05) is 34.8 Å². The Bertz CT molecular complexity index is 1110. The maximum absolute atomic E-state index is 13.6. The van der Waals surface area contributed by atoms with Crippen LogP contribution in [-0.4, -0.2) is 34.6 Å². The molecular weight excluding hydrogens is 499 g/mol. The normalized spacial score (nSPS) is 11.8. The van der Waals surface area contributed by atoms with Crippen molar-refractivity contribution in [2.45, 2.75) is 44.6 Å². The van der Waals surface area contributed by atoms with Crippen molar-refractivity contribution in [3.8, 4) is 0 Å². The van der Waals surface area contributed by atoms with E-state index in [4.69, 9.17) is 23.2 Å². The number of nitrogens with zero attached hydrogens (tertiary/aromatic N) is 1. The number of thioether (sulfide) groups is 1. The summed E-state index contributed by atoms with van der Waals surface area (Å²) in [5.74, 6) is 0.654. The van der Waals surface area contributed by atoms with Gasteiger partial charge in [-0.05, 0) is 54.8 Å². The van der Waals surface area contributed by atoms with Crippen LogP contribution < -0.4 is 5.32 Å². The molecule has 0 heterocycles. The quantitative estimate of drug-likeness (QED) is 0.313. The highest BCUT2D eigenvalue weighted by molar-refractivity contribution is 7.99. The van der Waals surface area contributed by atoms with Gasteiger partial charge in [-0.25, -0.2) is 0 Å². The van der Waals surface area contributed by atoms with Crippen molar-refractivity contribution >= 4 is 46.8 Å². The molecule has 0 fully saturated rings. The molecule has 0 aromatic heterocycles. The summed E-state index contributed by atoms with van der Waals surface area (Å²) in [6, 6.07) is 24.1. The molecule has 184 valence electrons. The van der Waals surface area contributed by atoms with Gasteiger partial charge in [0.05, 0.1) is 5.75 Å². The summed E-state index contributed by atoms with van der Waals surface area (Å²) in [7, 11) is 0. The highest BCUT2D eigenvalue weighted by Crippen LogP contribution is 2.21. The molecule has 0 aliphatic carbocycles. The van der Waals surface area contributed by atoms with Crippen LogP contribution in [0.4, 0.5) is 0 Å². The maximum atomic E-state index is 13.6. The number of benzene rings is 3. The van der Waals surface area contributed by atoms with Crippen LogP contribution in [-0.2, 0) is 28.3 Å². The topological polar surface area (TPSA) is 49.4 Å². The highest BCUT2D eigenvalue weighted by Gasteiger charge is 2.30. The molecule has 4 nitrogen and oxygen atoms in total. The number of hydrogen-bond acceptors (Lipinski definition) is 3. The van der Waals surface area contributed by atoms with Crippen LogP contribution in [0.1, 0.15) is 30.5 Å². The zero-order valence-electron chi connectivity index (χ0n) is 19.9. The summed E-state index contributed by atoms with van der Waals surface area (Å²) >= 11 is 13.7. The molecular formula is C28H30Cl2N2O2S. The first kappa shape index (κ1) is 27.1. The minimum atomic E-state index is -0.644. The van der Waals surface area contributed by atoms with E-state index in [0.717, 1.165) is 16.7 Å². The lowest BCUT2D eigenvalue weighted by atomic mass is 10.0. The number of rotatable bonds is 11. The minimum absolute atomic E-state index is 0.0366. The molecule has 1 atom stereocenters. The van der Waals surface area contributed by atoms with Crippen molar-refractivity contribution in [3.05, 3.63) is 106 Å². The van der Waals surface area contributed by atoms with Crippen LogP contribution in [0.15, 0.2) is 78.9 Å². The molecule has 0 bridgehead atoms. The Morgan fingerprint density at radius 3 is 2.20 bits per heavy atom. The third-order valence-corrected chi connectivity index (χ3v) is 6.83. The Morgan fingerprint density at radius 2 is 1.54 bits per heavy atom. The SMILES string of the molecule is CC(C)NC(=O)[C@@H](Cc1ccccc1)N(Cc1ccc(Cl)cc1)C(=O)CSCc1cccc(Cl)c1. The summed E-state index contributed by atoms with van der Waals surface area (Å²) in [5.41, 5.74) is 2.97. The molecule has 3 rings (SSSR count). The zero-order valence-corrected chi connectivity index (χ0v) is 22.2. The van der Waals surface area contributed by atoms with E-state index < -0.39 is 6.04 Å². The number of amides is 2. The first-order chi connectivity index (χ1) is 16.8. The molecule has 0 saturated heterocycles. The van der Waals surface area contributed by atoms with Crippen molar-refractivity contribution < 1.29 is 9.59 Å². The molecule has 0 unspecified atom stereocenters. The Hall–Kier alpha value is -2.47. The van der Waals surface area contributed by atoms with Crippen molar-refractivity contribution in [1.29, 1.82) is 0 Å². The van der Waals surface area contributed by atoms with Crippen molar-refractivity contribution in [3.63, 3.8) is 0 Å². The van der Waals surface area contributed by atoms with Gasteiger partial charge in [0.1, 0.15) is 6.04 Å². The smallest absolute Gasteiger partial charge is 0.243 e. The van der Waals surface area contributed by atoms with Crippen LogP contribution >= 0.6 is 35.0 Å². The van der Waals surface area contributed by atoms with E-state index in [1.807, 2.05) is 80.6 Å². The Kier molecular flexibility index (Phi) is 10.5. The molecule has 0 radical (unpaired) electrons. The lowest BCUT2D eigenvalue weighted by Crippen LogP contribution is -2.52. The summed E-state index contributed by atoms with van der Waals surface area (Å²) in [4.78, 5) is 28.6. The van der Waals surface area contributed by atoms with Crippen LogP contribution in [0, 0.1) is 0 Å². The van der Waals surface area contributed by atoms with Gasteiger partial charge in [0.15, 0.2) is 0 Å². The first-order valence-corrected chi connectivity index (χ1v) is 13.4. The number of nitrogens with one attached hydrogen (secondary N) is 1. The third kappa shape index (κ3) is 8.92. The Balaban J connectivity index is 1.84. The van der Waals surface area contributed by atoms with Gasteiger partial charge in [0.2, 0.25) is 11.8 Å². The third-order valence-electron chi connectivity index (χ3n) is 5.35. The standard InChI is InChI=1S/C28H30Cl2N2O2S/c1-20(2)31-28(34)26(16-21-7-4-3-5-8-21)32(17-22-11-13-24(29)14-12-22)27(33)19-35-18-23-9-6-10-25(30)15-23/h3-15,20,26H,16-19H2,1-2H3,(H,31,34)/t26-/m1/s1. The predicted molar refractivity (Wildman–Crippen MR) is 147 cm³/mol. The van der Waals surface area contributed by atoms with E-state index >= 15 is 0 Å². The average Bonchev–Trinajstić information content (AvgIpc) is 2.82. The molecule has 0 aliphatic heterocycles. The van der Waals surface area contributed by atoms with Gasteiger partial charge in [-0.1, -0.05) is 77.8 Å².